The molecule has 4 rings (SSSR count). The maximum Gasteiger partial charge on any atom is 0.343 e. The van der Waals surface area contributed by atoms with Crippen LogP contribution >= 0.6 is 0 Å². The summed E-state index contributed by atoms with van der Waals surface area (Å²) in [5, 5.41) is 0.953. The van der Waals surface area contributed by atoms with Gasteiger partial charge in [0.25, 0.3) is 0 Å². The lowest BCUT2D eigenvalue weighted by molar-refractivity contribution is -0.142. The molecule has 0 saturated heterocycles. The Morgan fingerprint density at radius 1 is 1.02 bits per heavy atom. The number of esters is 1. The average Bonchev–Trinajstić information content (AvgIpc) is 3.38. The number of pyridine rings is 1. The van der Waals surface area contributed by atoms with Crippen LogP contribution in [-0.2, 0) is 38.6 Å². The second-order valence-corrected chi connectivity index (χ2v) is 9.92. The van der Waals surface area contributed by atoms with Gasteiger partial charge in [-0.15, -0.1) is 0 Å². The van der Waals surface area contributed by atoms with Crippen molar-refractivity contribution in [1.29, 1.82) is 0 Å². The van der Waals surface area contributed by atoms with Gasteiger partial charge >= 0.3 is 5.97 Å². The minimum absolute atomic E-state index is 0.0217. The molecule has 0 radical (unpaired) electrons. The molecule has 0 unspecified atom stereocenters. The van der Waals surface area contributed by atoms with Gasteiger partial charge in [-0.3, -0.25) is 9.69 Å². The Kier molecular flexibility index (Phi) is 10.7. The summed E-state index contributed by atoms with van der Waals surface area (Å²) < 4.78 is 17.8. The van der Waals surface area contributed by atoms with E-state index in [1.54, 1.807) is 13.2 Å². The molecule has 0 bridgehead atoms. The van der Waals surface area contributed by atoms with Crippen molar-refractivity contribution in [2.24, 2.45) is 0 Å². The van der Waals surface area contributed by atoms with Gasteiger partial charge in [0.05, 0.1) is 31.3 Å². The van der Waals surface area contributed by atoms with Gasteiger partial charge < -0.3 is 29.4 Å². The third-order valence-electron chi connectivity index (χ3n) is 7.27. The predicted octanol–water partition coefficient (Wildman–Crippen LogP) is 3.28. The summed E-state index contributed by atoms with van der Waals surface area (Å²) in [7, 11) is 2.98. The van der Waals surface area contributed by atoms with E-state index in [9.17, 15) is 9.59 Å². The van der Waals surface area contributed by atoms with Crippen LogP contribution in [0.25, 0.3) is 21.9 Å². The van der Waals surface area contributed by atoms with Gasteiger partial charge in [-0.1, -0.05) is 44.2 Å². The molecule has 0 fully saturated rings. The van der Waals surface area contributed by atoms with Gasteiger partial charge in [-0.05, 0) is 36.9 Å². The van der Waals surface area contributed by atoms with Crippen LogP contribution in [0.4, 0.5) is 5.82 Å². The number of benzene rings is 2. The quantitative estimate of drug-likeness (QED) is 0.212. The highest BCUT2D eigenvalue weighted by molar-refractivity contribution is 6.06. The number of carbonyl (C=O) groups excluding carboxylic acids is 2. The number of ether oxygens (including phenoxy) is 3. The largest absolute Gasteiger partial charge is 0.482 e. The second kappa shape index (κ2) is 14.6. The minimum atomic E-state index is -0.461. The molecule has 11 heteroatoms. The lowest BCUT2D eigenvalue weighted by Gasteiger charge is -2.27. The van der Waals surface area contributed by atoms with E-state index in [-0.39, 0.29) is 12.5 Å². The summed E-state index contributed by atoms with van der Waals surface area (Å²) in [6.45, 7) is 7.59. The molecular weight excluding hydrogens is 536 g/mol. The molecule has 0 saturated carbocycles. The highest BCUT2D eigenvalue weighted by Crippen LogP contribution is 2.29. The minimum Gasteiger partial charge on any atom is -0.482 e. The summed E-state index contributed by atoms with van der Waals surface area (Å²) in [6, 6.07) is 15.3. The van der Waals surface area contributed by atoms with E-state index in [0.717, 1.165) is 40.9 Å². The van der Waals surface area contributed by atoms with Crippen LogP contribution in [0, 0.1) is 0 Å². The van der Waals surface area contributed by atoms with E-state index in [0.29, 0.717) is 56.3 Å². The lowest BCUT2D eigenvalue weighted by Crippen LogP contribution is -2.41. The molecule has 2 aromatic heterocycles. The molecule has 2 heterocycles. The van der Waals surface area contributed by atoms with Crippen molar-refractivity contribution in [2.75, 3.05) is 59.3 Å². The molecule has 42 heavy (non-hydrogen) atoms. The highest BCUT2D eigenvalue weighted by Gasteiger charge is 2.21. The number of para-hydroxylation sites is 1. The van der Waals surface area contributed by atoms with Crippen molar-refractivity contribution >= 4 is 39.6 Å². The Hall–Kier alpha value is -4.22. The number of anilines is 1. The molecule has 0 aliphatic heterocycles. The van der Waals surface area contributed by atoms with Gasteiger partial charge in [0.15, 0.2) is 12.4 Å². The zero-order chi connectivity index (χ0) is 30.1. The molecule has 4 aromatic rings. The Morgan fingerprint density at radius 3 is 2.55 bits per heavy atom. The third-order valence-corrected chi connectivity index (χ3v) is 7.27. The van der Waals surface area contributed by atoms with Gasteiger partial charge in [-0.2, -0.15) is 0 Å². The molecule has 2 N–H and O–H groups in total. The van der Waals surface area contributed by atoms with Gasteiger partial charge in [0, 0.05) is 38.6 Å². The summed E-state index contributed by atoms with van der Waals surface area (Å²) in [6.07, 6.45) is 0.589. The van der Waals surface area contributed by atoms with Crippen LogP contribution in [0.15, 0.2) is 48.5 Å². The third kappa shape index (κ3) is 7.34. The molecule has 0 aliphatic carbocycles. The van der Waals surface area contributed by atoms with E-state index in [2.05, 4.69) is 19.2 Å². The average molecular weight is 577 g/mol. The van der Waals surface area contributed by atoms with E-state index in [1.807, 2.05) is 61.2 Å². The first-order valence-electron chi connectivity index (χ1n) is 14.2. The van der Waals surface area contributed by atoms with Gasteiger partial charge in [0.1, 0.15) is 17.1 Å². The van der Waals surface area contributed by atoms with Crippen LogP contribution in [0.5, 0.6) is 5.75 Å². The monoisotopic (exact) mass is 576 g/mol. The number of nitrogens with two attached hydrogens (primary N) is 1. The Morgan fingerprint density at radius 2 is 1.81 bits per heavy atom. The van der Waals surface area contributed by atoms with Crippen molar-refractivity contribution in [3.63, 3.8) is 0 Å². The molecule has 2 aromatic carbocycles. The first-order valence-corrected chi connectivity index (χ1v) is 14.2. The van der Waals surface area contributed by atoms with Crippen molar-refractivity contribution < 1.29 is 23.8 Å². The van der Waals surface area contributed by atoms with E-state index in [1.165, 1.54) is 7.11 Å². The molecule has 0 atom stereocenters. The highest BCUT2D eigenvalue weighted by atomic mass is 16.6. The zero-order valence-electron chi connectivity index (χ0n) is 24.8. The Labute approximate surface area is 246 Å². The fraction of sp³-hybridized carbons (Fsp3) is 0.419. The van der Waals surface area contributed by atoms with E-state index < -0.39 is 5.97 Å². The smallest absolute Gasteiger partial charge is 0.343 e. The first-order chi connectivity index (χ1) is 20.4. The van der Waals surface area contributed by atoms with E-state index in [4.69, 9.17) is 20.2 Å². The predicted molar refractivity (Wildman–Crippen MR) is 162 cm³/mol. The van der Waals surface area contributed by atoms with Crippen molar-refractivity contribution in [2.45, 2.75) is 33.4 Å². The van der Waals surface area contributed by atoms with Crippen LogP contribution in [0.3, 0.4) is 0 Å². The van der Waals surface area contributed by atoms with Crippen LogP contribution in [-0.4, -0.2) is 89.8 Å². The van der Waals surface area contributed by atoms with Crippen LogP contribution in [0.1, 0.15) is 25.2 Å². The molecule has 0 spiro atoms. The maximum atomic E-state index is 13.7. The second-order valence-electron chi connectivity index (χ2n) is 9.92. The van der Waals surface area contributed by atoms with Crippen LogP contribution < -0.4 is 10.5 Å². The normalized spacial score (nSPS) is 11.4. The SMILES string of the molecule is CCN(CC)CC(=O)N(CCn1c(CCOC)nc2c(N)nc3ccccc3c21)Cc1cccc(OCC(=O)OC)c1. The zero-order valence-corrected chi connectivity index (χ0v) is 24.8. The molecule has 1 amide bonds. The Bertz CT molecular complexity index is 1520. The number of hydrogen-bond acceptors (Lipinski definition) is 9. The number of nitrogens with zero attached hydrogens (tertiary/aromatic N) is 5. The van der Waals surface area contributed by atoms with Crippen molar-refractivity contribution in [3.8, 4) is 5.75 Å². The van der Waals surface area contributed by atoms with Gasteiger partial charge in [0.2, 0.25) is 5.91 Å². The summed E-state index contributed by atoms with van der Waals surface area (Å²) >= 11 is 0. The summed E-state index contributed by atoms with van der Waals surface area (Å²) in [4.78, 5) is 38.6. The number of hydrogen-bond donors (Lipinski definition) is 1. The number of aromatic nitrogens is 3. The number of carbonyl (C=O) groups is 2. The molecule has 0 aliphatic rings. The first kappa shape index (κ1) is 30.7. The number of rotatable bonds is 15. The number of likely N-dealkylation sites (N-methyl/N-ethyl adjacent to an activating group) is 1. The summed E-state index contributed by atoms with van der Waals surface area (Å²) in [5.41, 5.74) is 9.59. The molecular formula is C31H40N6O5. The number of nitrogen functional groups attached to an aromatic ring is 1. The Balaban J connectivity index is 1.67. The summed E-state index contributed by atoms with van der Waals surface area (Å²) in [5.74, 6) is 1.29. The van der Waals surface area contributed by atoms with E-state index >= 15 is 0 Å². The van der Waals surface area contributed by atoms with Crippen molar-refractivity contribution in [1.82, 2.24) is 24.3 Å². The lowest BCUT2D eigenvalue weighted by atomic mass is 10.2. The number of imidazole rings is 1. The maximum absolute atomic E-state index is 13.7. The van der Waals surface area contributed by atoms with Gasteiger partial charge in [-0.25, -0.2) is 14.8 Å². The van der Waals surface area contributed by atoms with Crippen LogP contribution in [0.2, 0.25) is 0 Å². The van der Waals surface area contributed by atoms with Crippen molar-refractivity contribution in [3.05, 3.63) is 59.9 Å². The number of methoxy groups -OCH3 is 2. The standard InChI is InChI=1S/C31H40N6O5/c1-5-35(6-2)20-27(38)36(19-22-10-9-11-23(18-22)42-21-28(39)41-4)15-16-37-26(14-17-40-3)34-29-30(37)24-12-7-8-13-25(24)33-31(29)32/h7-13,18H,5-6,14-17,19-21H2,1-4H3,(H2,32,33). The number of fused-ring (bicyclic) bond motifs is 3. The number of amides is 1. The fourth-order valence-electron chi connectivity index (χ4n) is 4.94. The molecule has 224 valence electrons. The topological polar surface area (TPSA) is 125 Å². The molecule has 11 nitrogen and oxygen atoms in total. The fourth-order valence-corrected chi connectivity index (χ4v) is 4.94.